The number of imide groups is 1. The summed E-state index contributed by atoms with van der Waals surface area (Å²) in [5.74, 6) is -0.000103. The predicted molar refractivity (Wildman–Crippen MR) is 106 cm³/mol. The van der Waals surface area contributed by atoms with Gasteiger partial charge in [-0.1, -0.05) is 50.3 Å². The molecule has 0 radical (unpaired) electrons. The molecule has 0 bridgehead atoms. The van der Waals surface area contributed by atoms with E-state index in [0.29, 0.717) is 6.67 Å². The molecule has 2 saturated heterocycles. The molecule has 3 fully saturated rings. The molecule has 1 N–H and O–H groups in total. The van der Waals surface area contributed by atoms with Crippen LogP contribution in [0.2, 0.25) is 0 Å². The van der Waals surface area contributed by atoms with Crippen LogP contribution in [-0.2, 0) is 4.79 Å². The zero-order chi connectivity index (χ0) is 18.7. The van der Waals surface area contributed by atoms with E-state index in [4.69, 9.17) is 0 Å². The SMILES string of the molecule is O=C1NC2(CCCCCCC2)C(=O)N1CN1CCN(c2ccccc2)CC1. The maximum Gasteiger partial charge on any atom is 0.326 e. The molecule has 1 saturated carbocycles. The number of carbonyl (C=O) groups excluding carboxylic acids is 2. The number of piperazine rings is 1. The summed E-state index contributed by atoms with van der Waals surface area (Å²) in [6.07, 6.45) is 7.18. The van der Waals surface area contributed by atoms with Crippen LogP contribution in [0.3, 0.4) is 0 Å². The summed E-state index contributed by atoms with van der Waals surface area (Å²) in [4.78, 5) is 31.7. The standard InChI is InChI=1S/C21H30N4O2/c26-19-21(11-7-2-1-3-8-12-21)22-20(27)25(19)17-23-13-15-24(16-14-23)18-9-5-4-6-10-18/h4-6,9-10H,1-3,7-8,11-17H2,(H,22,27). The minimum atomic E-state index is -0.636. The van der Waals surface area contributed by atoms with Crippen molar-refractivity contribution in [3.8, 4) is 0 Å². The first-order valence-electron chi connectivity index (χ1n) is 10.3. The fraction of sp³-hybridized carbons (Fsp3) is 0.619. The van der Waals surface area contributed by atoms with E-state index in [1.54, 1.807) is 0 Å². The minimum absolute atomic E-state index is 0.000103. The van der Waals surface area contributed by atoms with Crippen LogP contribution >= 0.6 is 0 Å². The molecule has 4 rings (SSSR count). The average Bonchev–Trinajstić information content (AvgIpc) is 2.91. The Balaban J connectivity index is 1.36. The zero-order valence-corrected chi connectivity index (χ0v) is 16.0. The molecule has 6 heteroatoms. The van der Waals surface area contributed by atoms with Crippen LogP contribution in [0.4, 0.5) is 10.5 Å². The molecule has 1 aliphatic carbocycles. The van der Waals surface area contributed by atoms with Crippen LogP contribution in [0.1, 0.15) is 44.9 Å². The fourth-order valence-corrected chi connectivity index (χ4v) is 4.64. The van der Waals surface area contributed by atoms with Gasteiger partial charge in [0.2, 0.25) is 0 Å². The molecule has 0 unspecified atom stereocenters. The van der Waals surface area contributed by atoms with Crippen LogP contribution in [0.15, 0.2) is 30.3 Å². The fourth-order valence-electron chi connectivity index (χ4n) is 4.64. The number of hydrogen-bond donors (Lipinski definition) is 1. The van der Waals surface area contributed by atoms with Gasteiger partial charge in [0.25, 0.3) is 5.91 Å². The Morgan fingerprint density at radius 2 is 1.48 bits per heavy atom. The van der Waals surface area contributed by atoms with Crippen molar-refractivity contribution >= 4 is 17.6 Å². The highest BCUT2D eigenvalue weighted by atomic mass is 16.2. The van der Waals surface area contributed by atoms with E-state index in [1.165, 1.54) is 17.0 Å². The lowest BCUT2D eigenvalue weighted by Gasteiger charge is -2.37. The van der Waals surface area contributed by atoms with Crippen molar-refractivity contribution < 1.29 is 9.59 Å². The minimum Gasteiger partial charge on any atom is -0.369 e. The number of hydrogen-bond acceptors (Lipinski definition) is 4. The van der Waals surface area contributed by atoms with Crippen LogP contribution in [0.25, 0.3) is 0 Å². The molecule has 0 aromatic heterocycles. The number of urea groups is 1. The Morgan fingerprint density at radius 1 is 0.852 bits per heavy atom. The summed E-state index contributed by atoms with van der Waals surface area (Å²) < 4.78 is 0. The second kappa shape index (κ2) is 7.89. The second-order valence-electron chi connectivity index (χ2n) is 8.10. The predicted octanol–water partition coefficient (Wildman–Crippen LogP) is 2.80. The van der Waals surface area contributed by atoms with Crippen LogP contribution in [0.5, 0.6) is 0 Å². The van der Waals surface area contributed by atoms with Gasteiger partial charge in [0.05, 0.1) is 6.67 Å². The van der Waals surface area contributed by atoms with Crippen molar-refractivity contribution in [2.75, 3.05) is 37.7 Å². The monoisotopic (exact) mass is 370 g/mol. The third kappa shape index (κ3) is 3.81. The summed E-state index contributed by atoms with van der Waals surface area (Å²) in [6, 6.07) is 10.2. The van der Waals surface area contributed by atoms with Gasteiger partial charge in [-0.15, -0.1) is 0 Å². The van der Waals surface area contributed by atoms with Crippen molar-refractivity contribution in [3.05, 3.63) is 30.3 Å². The highest BCUT2D eigenvalue weighted by Gasteiger charge is 2.50. The van der Waals surface area contributed by atoms with Crippen molar-refractivity contribution in [2.24, 2.45) is 0 Å². The molecule has 2 aliphatic heterocycles. The average molecular weight is 370 g/mol. The Bertz CT molecular complexity index is 662. The molecule has 6 nitrogen and oxygen atoms in total. The van der Waals surface area contributed by atoms with Crippen LogP contribution in [-0.4, -0.2) is 60.1 Å². The summed E-state index contributed by atoms with van der Waals surface area (Å²) in [5.41, 5.74) is 0.601. The maximum absolute atomic E-state index is 13.1. The first kappa shape index (κ1) is 18.3. The number of carbonyl (C=O) groups is 2. The smallest absolute Gasteiger partial charge is 0.326 e. The highest BCUT2D eigenvalue weighted by Crippen LogP contribution is 2.32. The molecule has 1 spiro atoms. The van der Waals surface area contributed by atoms with E-state index in [-0.39, 0.29) is 11.9 Å². The summed E-state index contributed by atoms with van der Waals surface area (Å²) in [7, 11) is 0. The Morgan fingerprint density at radius 3 is 2.15 bits per heavy atom. The number of anilines is 1. The van der Waals surface area contributed by atoms with E-state index in [1.807, 2.05) is 6.07 Å². The molecular weight excluding hydrogens is 340 g/mol. The van der Waals surface area contributed by atoms with E-state index >= 15 is 0 Å². The zero-order valence-electron chi connectivity index (χ0n) is 16.0. The lowest BCUT2D eigenvalue weighted by Crippen LogP contribution is -2.52. The maximum atomic E-state index is 13.1. The normalized spacial score (nSPS) is 24.0. The van der Waals surface area contributed by atoms with Crippen LogP contribution < -0.4 is 10.2 Å². The summed E-state index contributed by atoms with van der Waals surface area (Å²) >= 11 is 0. The molecule has 27 heavy (non-hydrogen) atoms. The summed E-state index contributed by atoms with van der Waals surface area (Å²) in [5, 5.41) is 3.06. The molecule has 2 heterocycles. The summed E-state index contributed by atoms with van der Waals surface area (Å²) in [6.45, 7) is 3.96. The first-order chi connectivity index (χ1) is 13.2. The Labute approximate surface area is 161 Å². The molecule has 1 aromatic carbocycles. The van der Waals surface area contributed by atoms with E-state index in [0.717, 1.165) is 64.7 Å². The quantitative estimate of drug-likeness (QED) is 0.832. The van der Waals surface area contributed by atoms with Gasteiger partial charge in [-0.3, -0.25) is 9.69 Å². The van der Waals surface area contributed by atoms with Gasteiger partial charge < -0.3 is 10.2 Å². The largest absolute Gasteiger partial charge is 0.369 e. The lowest BCUT2D eigenvalue weighted by molar-refractivity contribution is -0.133. The van der Waals surface area contributed by atoms with Gasteiger partial charge in [-0.05, 0) is 25.0 Å². The Kier molecular flexibility index (Phi) is 5.34. The topological polar surface area (TPSA) is 55.9 Å². The molecular formula is C21H30N4O2. The number of nitrogens with zero attached hydrogens (tertiary/aromatic N) is 3. The first-order valence-corrected chi connectivity index (χ1v) is 10.3. The number of benzene rings is 1. The molecule has 3 amide bonds. The second-order valence-corrected chi connectivity index (χ2v) is 8.10. The van der Waals surface area contributed by atoms with Gasteiger partial charge in [0.15, 0.2) is 0 Å². The van der Waals surface area contributed by atoms with Crippen molar-refractivity contribution in [1.29, 1.82) is 0 Å². The van der Waals surface area contributed by atoms with E-state index in [2.05, 4.69) is 39.4 Å². The molecule has 146 valence electrons. The van der Waals surface area contributed by atoms with Crippen molar-refractivity contribution in [1.82, 2.24) is 15.1 Å². The van der Waals surface area contributed by atoms with E-state index in [9.17, 15) is 9.59 Å². The van der Waals surface area contributed by atoms with E-state index < -0.39 is 5.54 Å². The van der Waals surface area contributed by atoms with Crippen LogP contribution in [0, 0.1) is 0 Å². The van der Waals surface area contributed by atoms with Gasteiger partial charge in [0, 0.05) is 31.9 Å². The van der Waals surface area contributed by atoms with Gasteiger partial charge >= 0.3 is 6.03 Å². The molecule has 3 aliphatic rings. The lowest BCUT2D eigenvalue weighted by atomic mass is 9.84. The van der Waals surface area contributed by atoms with Gasteiger partial charge in [-0.2, -0.15) is 0 Å². The van der Waals surface area contributed by atoms with Gasteiger partial charge in [0.1, 0.15) is 5.54 Å². The number of nitrogens with one attached hydrogen (secondary N) is 1. The molecule has 0 atom stereocenters. The highest BCUT2D eigenvalue weighted by molar-refractivity contribution is 6.07. The number of rotatable bonds is 3. The van der Waals surface area contributed by atoms with Gasteiger partial charge in [-0.25, -0.2) is 9.69 Å². The third-order valence-corrected chi connectivity index (χ3v) is 6.29. The van der Waals surface area contributed by atoms with Crippen molar-refractivity contribution in [2.45, 2.75) is 50.5 Å². The number of amides is 3. The Hall–Kier alpha value is -2.08. The van der Waals surface area contributed by atoms with Crippen molar-refractivity contribution in [3.63, 3.8) is 0 Å². The third-order valence-electron chi connectivity index (χ3n) is 6.29. The molecule has 1 aromatic rings. The number of para-hydroxylation sites is 1.